The number of halogens is 1. The molecule has 0 bridgehead atoms. The predicted octanol–water partition coefficient (Wildman–Crippen LogP) is 0.961. The van der Waals surface area contributed by atoms with Gasteiger partial charge in [-0.15, -0.1) is 0 Å². The van der Waals surface area contributed by atoms with E-state index in [1.807, 2.05) is 6.07 Å². The van der Waals surface area contributed by atoms with Crippen molar-refractivity contribution in [2.45, 2.75) is 25.1 Å². The highest BCUT2D eigenvalue weighted by atomic mass is 19.1. The number of carbonyl (C=O) groups is 1. The third-order valence-electron chi connectivity index (χ3n) is 5.13. The van der Waals surface area contributed by atoms with Crippen molar-refractivity contribution >= 4 is 11.7 Å². The maximum Gasteiger partial charge on any atom is 0.226 e. The summed E-state index contributed by atoms with van der Waals surface area (Å²) in [6.45, 7) is 4.33. The minimum absolute atomic E-state index is 0.00238. The van der Waals surface area contributed by atoms with Crippen LogP contribution in [-0.2, 0) is 14.3 Å². The van der Waals surface area contributed by atoms with E-state index in [4.69, 9.17) is 9.47 Å². The Balaban J connectivity index is 1.52. The van der Waals surface area contributed by atoms with Gasteiger partial charge in [-0.3, -0.25) is 4.79 Å². The normalized spacial score (nSPS) is 30.0. The molecular weight excluding hydrogens is 327 g/mol. The number of rotatable bonds is 3. The van der Waals surface area contributed by atoms with Crippen molar-refractivity contribution in [1.82, 2.24) is 14.9 Å². The van der Waals surface area contributed by atoms with Crippen LogP contribution in [-0.4, -0.2) is 73.0 Å². The van der Waals surface area contributed by atoms with Crippen molar-refractivity contribution < 1.29 is 18.7 Å². The van der Waals surface area contributed by atoms with Crippen molar-refractivity contribution in [3.8, 4) is 0 Å². The van der Waals surface area contributed by atoms with E-state index in [0.29, 0.717) is 51.6 Å². The van der Waals surface area contributed by atoms with Gasteiger partial charge in [-0.25, -0.2) is 14.4 Å². The second-order valence-corrected chi connectivity index (χ2v) is 6.76. The number of amides is 1. The van der Waals surface area contributed by atoms with Crippen LogP contribution >= 0.6 is 0 Å². The molecule has 1 saturated carbocycles. The molecule has 1 aliphatic carbocycles. The smallest absolute Gasteiger partial charge is 0.226 e. The van der Waals surface area contributed by atoms with Gasteiger partial charge in [0.05, 0.1) is 26.4 Å². The van der Waals surface area contributed by atoms with E-state index in [0.717, 1.165) is 18.9 Å². The van der Waals surface area contributed by atoms with Crippen LogP contribution in [0.4, 0.5) is 10.2 Å². The summed E-state index contributed by atoms with van der Waals surface area (Å²) in [6.07, 6.45) is 1.55. The number of anilines is 1. The molecule has 2 saturated heterocycles. The summed E-state index contributed by atoms with van der Waals surface area (Å²) in [7, 11) is 0. The van der Waals surface area contributed by atoms with E-state index in [2.05, 4.69) is 14.9 Å². The third kappa shape index (κ3) is 3.46. The van der Waals surface area contributed by atoms with Gasteiger partial charge < -0.3 is 19.3 Å². The van der Waals surface area contributed by atoms with E-state index >= 15 is 0 Å². The quantitative estimate of drug-likeness (QED) is 0.809. The van der Waals surface area contributed by atoms with E-state index in [1.165, 1.54) is 0 Å². The summed E-state index contributed by atoms with van der Waals surface area (Å²) in [4.78, 5) is 25.7. The molecule has 8 heteroatoms. The zero-order chi connectivity index (χ0) is 17.2. The molecule has 1 atom stereocenters. The molecule has 3 fully saturated rings. The first-order valence-electron chi connectivity index (χ1n) is 8.90. The number of aromatic nitrogens is 2. The molecule has 2 aliphatic heterocycles. The summed E-state index contributed by atoms with van der Waals surface area (Å²) in [5.41, 5.74) is 0. The van der Waals surface area contributed by atoms with Crippen molar-refractivity contribution in [3.63, 3.8) is 0 Å². The lowest BCUT2D eigenvalue weighted by Gasteiger charge is -2.40. The van der Waals surface area contributed by atoms with E-state index in [9.17, 15) is 9.18 Å². The summed E-state index contributed by atoms with van der Waals surface area (Å²) < 4.78 is 24.1. The van der Waals surface area contributed by atoms with Gasteiger partial charge in [-0.05, 0) is 18.9 Å². The number of ether oxygens (including phenoxy) is 2. The fourth-order valence-electron chi connectivity index (χ4n) is 3.56. The van der Waals surface area contributed by atoms with Gasteiger partial charge in [0.25, 0.3) is 0 Å². The maximum atomic E-state index is 13.1. The van der Waals surface area contributed by atoms with Gasteiger partial charge in [0.15, 0.2) is 5.82 Å². The molecule has 0 radical (unpaired) electrons. The Morgan fingerprint density at radius 3 is 2.68 bits per heavy atom. The van der Waals surface area contributed by atoms with Crippen LogP contribution in [0.1, 0.15) is 24.7 Å². The van der Waals surface area contributed by atoms with Crippen molar-refractivity contribution in [3.05, 3.63) is 18.1 Å². The number of hydrogen-bond donors (Lipinski definition) is 0. The molecule has 3 aliphatic rings. The van der Waals surface area contributed by atoms with Gasteiger partial charge in [0.1, 0.15) is 18.0 Å². The summed E-state index contributed by atoms with van der Waals surface area (Å²) >= 11 is 0. The highest BCUT2D eigenvalue weighted by Gasteiger charge is 2.41. The Morgan fingerprint density at radius 1 is 1.16 bits per heavy atom. The monoisotopic (exact) mass is 350 g/mol. The molecule has 7 nitrogen and oxygen atoms in total. The lowest BCUT2D eigenvalue weighted by molar-refractivity contribution is -0.149. The molecule has 136 valence electrons. The van der Waals surface area contributed by atoms with Crippen LogP contribution in [0.5, 0.6) is 0 Å². The number of nitrogens with zero attached hydrogens (tertiary/aromatic N) is 4. The minimum atomic E-state index is -0.839. The zero-order valence-corrected chi connectivity index (χ0v) is 14.1. The van der Waals surface area contributed by atoms with Gasteiger partial charge >= 0.3 is 0 Å². The van der Waals surface area contributed by atoms with Gasteiger partial charge in [0.2, 0.25) is 5.91 Å². The van der Waals surface area contributed by atoms with Crippen molar-refractivity contribution in [1.29, 1.82) is 0 Å². The lowest BCUT2D eigenvalue weighted by Crippen LogP contribution is -2.49. The number of hydrogen-bond acceptors (Lipinski definition) is 6. The van der Waals surface area contributed by atoms with Crippen molar-refractivity contribution in [2.24, 2.45) is 5.92 Å². The van der Waals surface area contributed by atoms with Crippen LogP contribution < -0.4 is 4.90 Å². The number of alkyl halides is 1. The van der Waals surface area contributed by atoms with E-state index < -0.39 is 6.17 Å². The molecule has 1 aromatic heterocycles. The molecular formula is C17H23FN4O3. The molecule has 0 aromatic carbocycles. The highest BCUT2D eigenvalue weighted by Crippen LogP contribution is 2.34. The Hall–Kier alpha value is -1.80. The summed E-state index contributed by atoms with van der Waals surface area (Å²) in [5, 5.41) is 0. The second kappa shape index (κ2) is 7.21. The Labute approximate surface area is 146 Å². The van der Waals surface area contributed by atoms with E-state index in [1.54, 1.807) is 11.1 Å². The fourth-order valence-corrected chi connectivity index (χ4v) is 3.56. The zero-order valence-electron chi connectivity index (χ0n) is 14.1. The molecule has 1 unspecified atom stereocenters. The first kappa shape index (κ1) is 16.7. The van der Waals surface area contributed by atoms with Crippen LogP contribution in [0.2, 0.25) is 0 Å². The second-order valence-electron chi connectivity index (χ2n) is 6.76. The van der Waals surface area contributed by atoms with Crippen molar-refractivity contribution in [2.75, 3.05) is 51.0 Å². The molecule has 1 aromatic rings. The molecule has 0 N–H and O–H groups in total. The largest absolute Gasteiger partial charge is 0.378 e. The SMILES string of the molecule is O=C(C1CC(F)C1)N1CCOCC1c1nccc(N2CCOCC2)n1. The molecule has 25 heavy (non-hydrogen) atoms. The predicted molar refractivity (Wildman–Crippen MR) is 88.0 cm³/mol. The molecule has 4 rings (SSSR count). The van der Waals surface area contributed by atoms with Crippen LogP contribution in [0.25, 0.3) is 0 Å². The molecule has 3 heterocycles. The average molecular weight is 350 g/mol. The first-order valence-corrected chi connectivity index (χ1v) is 8.90. The Kier molecular flexibility index (Phi) is 4.80. The van der Waals surface area contributed by atoms with E-state index in [-0.39, 0.29) is 17.9 Å². The standard InChI is InChI=1S/C17H23FN4O3/c18-13-9-12(10-13)17(23)22-5-8-25-11-14(22)16-19-2-1-15(20-16)21-3-6-24-7-4-21/h1-2,12-14H,3-11H2. The van der Waals surface area contributed by atoms with Gasteiger partial charge in [0, 0.05) is 31.7 Å². The number of morpholine rings is 2. The van der Waals surface area contributed by atoms with Gasteiger partial charge in [-0.2, -0.15) is 0 Å². The highest BCUT2D eigenvalue weighted by molar-refractivity contribution is 5.80. The molecule has 1 amide bonds. The third-order valence-corrected chi connectivity index (χ3v) is 5.13. The minimum Gasteiger partial charge on any atom is -0.378 e. The molecule has 0 spiro atoms. The average Bonchev–Trinajstić information content (AvgIpc) is 2.66. The van der Waals surface area contributed by atoms with Crippen LogP contribution in [0.3, 0.4) is 0 Å². The Bertz CT molecular complexity index is 620. The van der Waals surface area contributed by atoms with Gasteiger partial charge in [-0.1, -0.05) is 0 Å². The summed E-state index contributed by atoms with van der Waals surface area (Å²) in [6, 6.07) is 1.57. The maximum absolute atomic E-state index is 13.1. The first-order chi connectivity index (χ1) is 12.2. The van der Waals surface area contributed by atoms with Crippen LogP contribution in [0.15, 0.2) is 12.3 Å². The topological polar surface area (TPSA) is 67.8 Å². The number of carbonyl (C=O) groups excluding carboxylic acids is 1. The summed E-state index contributed by atoms with van der Waals surface area (Å²) in [5.74, 6) is 1.23. The van der Waals surface area contributed by atoms with Crippen LogP contribution in [0, 0.1) is 5.92 Å². The Morgan fingerprint density at radius 2 is 1.92 bits per heavy atom. The fraction of sp³-hybridized carbons (Fsp3) is 0.706. The lowest BCUT2D eigenvalue weighted by atomic mass is 9.82.